The fourth-order valence-electron chi connectivity index (χ4n) is 3.78. The zero-order chi connectivity index (χ0) is 22.0. The molecule has 0 spiro atoms. The van der Waals surface area contributed by atoms with Crippen molar-refractivity contribution in [2.45, 2.75) is 39.8 Å². The number of hydrogen-bond donors (Lipinski definition) is 1. The van der Waals surface area contributed by atoms with Crippen LogP contribution in [0.2, 0.25) is 0 Å². The Labute approximate surface area is 180 Å². The molecule has 1 amide bonds. The highest BCUT2D eigenvalue weighted by Gasteiger charge is 2.25. The summed E-state index contributed by atoms with van der Waals surface area (Å²) in [7, 11) is 0. The molecule has 7 nitrogen and oxygen atoms in total. The van der Waals surface area contributed by atoms with Crippen molar-refractivity contribution in [1.82, 2.24) is 24.9 Å². The molecule has 1 N–H and O–H groups in total. The van der Waals surface area contributed by atoms with Crippen LogP contribution in [0.15, 0.2) is 65.5 Å². The minimum absolute atomic E-state index is 0.229. The highest BCUT2D eigenvalue weighted by molar-refractivity contribution is 5.84. The van der Waals surface area contributed by atoms with Crippen LogP contribution in [0.3, 0.4) is 0 Å². The Bertz CT molecular complexity index is 1280. The van der Waals surface area contributed by atoms with E-state index in [9.17, 15) is 9.59 Å². The van der Waals surface area contributed by atoms with Gasteiger partial charge in [0.15, 0.2) is 0 Å². The zero-order valence-corrected chi connectivity index (χ0v) is 17.9. The first-order valence-electron chi connectivity index (χ1n) is 10.4. The highest BCUT2D eigenvalue weighted by Crippen LogP contribution is 2.21. The lowest BCUT2D eigenvalue weighted by Crippen LogP contribution is -2.38. The molecule has 0 aliphatic carbocycles. The topological polar surface area (TPSA) is 81.8 Å². The van der Waals surface area contributed by atoms with Gasteiger partial charge in [-0.2, -0.15) is 10.2 Å². The van der Waals surface area contributed by atoms with E-state index < -0.39 is 6.04 Å². The molecule has 158 valence electrons. The number of rotatable bonds is 6. The number of fused-ring (bicyclic) bond motifs is 1. The number of carbonyl (C=O) groups is 1. The van der Waals surface area contributed by atoms with Crippen molar-refractivity contribution in [3.63, 3.8) is 0 Å². The third kappa shape index (κ3) is 3.86. The number of nitrogens with one attached hydrogen (secondary N) is 1. The van der Waals surface area contributed by atoms with Gasteiger partial charge in [0.05, 0.1) is 22.5 Å². The lowest BCUT2D eigenvalue weighted by Gasteiger charge is -2.17. The van der Waals surface area contributed by atoms with Gasteiger partial charge in [-0.3, -0.25) is 9.59 Å². The Balaban J connectivity index is 1.73. The maximum absolute atomic E-state index is 13.4. The summed E-state index contributed by atoms with van der Waals surface area (Å²) in [5.74, 6) is -0.229. The van der Waals surface area contributed by atoms with Gasteiger partial charge in [0, 0.05) is 6.54 Å². The quantitative estimate of drug-likeness (QED) is 0.523. The largest absolute Gasteiger partial charge is 0.350 e. The number of aromatic nitrogens is 4. The summed E-state index contributed by atoms with van der Waals surface area (Å²) in [6.07, 6.45) is 0.449. The van der Waals surface area contributed by atoms with Crippen molar-refractivity contribution in [3.05, 3.63) is 88.0 Å². The molecule has 2 aromatic carbocycles. The third-order valence-corrected chi connectivity index (χ3v) is 5.43. The van der Waals surface area contributed by atoms with E-state index in [1.54, 1.807) is 4.68 Å². The van der Waals surface area contributed by atoms with E-state index >= 15 is 0 Å². The fourth-order valence-corrected chi connectivity index (χ4v) is 3.78. The zero-order valence-electron chi connectivity index (χ0n) is 17.9. The van der Waals surface area contributed by atoms with Crippen LogP contribution in [0.5, 0.6) is 0 Å². The molecule has 0 radical (unpaired) electrons. The number of para-hydroxylation sites is 1. The average Bonchev–Trinajstić information content (AvgIpc) is 3.15. The van der Waals surface area contributed by atoms with Crippen molar-refractivity contribution in [2.24, 2.45) is 0 Å². The molecule has 0 fully saturated rings. The normalized spacial score (nSPS) is 12.1. The van der Waals surface area contributed by atoms with Crippen LogP contribution in [-0.2, 0) is 11.3 Å². The van der Waals surface area contributed by atoms with Gasteiger partial charge in [-0.15, -0.1) is 0 Å². The smallest absolute Gasteiger partial charge is 0.278 e. The Morgan fingerprint density at radius 1 is 1.00 bits per heavy atom. The summed E-state index contributed by atoms with van der Waals surface area (Å²) in [5.41, 5.74) is 3.46. The molecule has 31 heavy (non-hydrogen) atoms. The molecule has 0 saturated carbocycles. The number of hydrogen-bond acceptors (Lipinski definition) is 4. The van der Waals surface area contributed by atoms with E-state index in [0.717, 1.165) is 16.9 Å². The van der Waals surface area contributed by atoms with E-state index in [1.807, 2.05) is 81.4 Å². The number of carbonyl (C=O) groups excluding carboxylic acids is 1. The Morgan fingerprint density at radius 3 is 2.29 bits per heavy atom. The highest BCUT2D eigenvalue weighted by atomic mass is 16.2. The van der Waals surface area contributed by atoms with E-state index in [4.69, 9.17) is 0 Å². The standard InChI is InChI=1S/C24H25N5O2/c1-4-20(23(30)25-15-18-11-7-5-8-12-18)29-24(31)21-17(3)28(19-13-9-6-10-14-19)27-22(21)16(2)26-29/h5-14,20H,4,15H2,1-3H3,(H,25,30)/t20-/m0/s1. The molecule has 0 unspecified atom stereocenters. The molecule has 1 atom stereocenters. The second-order valence-corrected chi connectivity index (χ2v) is 7.52. The molecule has 4 rings (SSSR count). The van der Waals surface area contributed by atoms with Crippen LogP contribution in [0, 0.1) is 13.8 Å². The maximum atomic E-state index is 13.4. The first-order chi connectivity index (χ1) is 15.0. The number of aryl methyl sites for hydroxylation is 2. The summed E-state index contributed by atoms with van der Waals surface area (Å²) in [6.45, 7) is 5.95. The Morgan fingerprint density at radius 2 is 1.65 bits per heavy atom. The second kappa shape index (κ2) is 8.55. The predicted octanol–water partition coefficient (Wildman–Crippen LogP) is 3.47. The number of amides is 1. The van der Waals surface area contributed by atoms with Gasteiger partial charge in [-0.1, -0.05) is 55.5 Å². The fraction of sp³-hybridized carbons (Fsp3) is 0.250. The van der Waals surface area contributed by atoms with Crippen LogP contribution >= 0.6 is 0 Å². The minimum Gasteiger partial charge on any atom is -0.350 e. The number of benzene rings is 2. The summed E-state index contributed by atoms with van der Waals surface area (Å²) in [5, 5.41) is 12.5. The average molecular weight is 415 g/mol. The monoisotopic (exact) mass is 415 g/mol. The van der Waals surface area contributed by atoms with Crippen LogP contribution in [-0.4, -0.2) is 25.5 Å². The molecule has 2 heterocycles. The van der Waals surface area contributed by atoms with Crippen LogP contribution in [0.1, 0.15) is 36.3 Å². The lowest BCUT2D eigenvalue weighted by atomic mass is 10.1. The van der Waals surface area contributed by atoms with E-state index in [1.165, 1.54) is 4.68 Å². The summed E-state index contributed by atoms with van der Waals surface area (Å²) in [6, 6.07) is 18.6. The van der Waals surface area contributed by atoms with Crippen molar-refractivity contribution < 1.29 is 4.79 Å². The Kier molecular flexibility index (Phi) is 5.66. The van der Waals surface area contributed by atoms with Gasteiger partial charge in [-0.25, -0.2) is 9.36 Å². The van der Waals surface area contributed by atoms with Crippen LogP contribution in [0.25, 0.3) is 16.6 Å². The summed E-state index contributed by atoms with van der Waals surface area (Å²) < 4.78 is 3.06. The molecule has 0 aliphatic heterocycles. The molecule has 0 saturated heterocycles. The van der Waals surface area contributed by atoms with Crippen molar-refractivity contribution >= 4 is 16.8 Å². The molecule has 0 aliphatic rings. The SMILES string of the molecule is CC[C@@H](C(=O)NCc1ccccc1)n1nc(C)c2nn(-c3ccccc3)c(C)c2c1=O. The van der Waals surface area contributed by atoms with E-state index in [-0.39, 0.29) is 11.5 Å². The van der Waals surface area contributed by atoms with Crippen LogP contribution < -0.4 is 10.9 Å². The Hall–Kier alpha value is -3.74. The van der Waals surface area contributed by atoms with Gasteiger partial charge in [0.1, 0.15) is 11.6 Å². The summed E-state index contributed by atoms with van der Waals surface area (Å²) in [4.78, 5) is 26.3. The van der Waals surface area contributed by atoms with E-state index in [2.05, 4.69) is 15.5 Å². The lowest BCUT2D eigenvalue weighted by molar-refractivity contribution is -0.125. The molecule has 0 bridgehead atoms. The van der Waals surface area contributed by atoms with Gasteiger partial charge in [0.2, 0.25) is 5.91 Å². The second-order valence-electron chi connectivity index (χ2n) is 7.52. The molecule has 2 aromatic heterocycles. The van der Waals surface area contributed by atoms with Crippen molar-refractivity contribution in [2.75, 3.05) is 0 Å². The van der Waals surface area contributed by atoms with Crippen LogP contribution in [0.4, 0.5) is 0 Å². The van der Waals surface area contributed by atoms with E-state index in [0.29, 0.717) is 29.6 Å². The first-order valence-corrected chi connectivity index (χ1v) is 10.4. The van der Waals surface area contributed by atoms with Gasteiger partial charge in [-0.05, 0) is 38.0 Å². The predicted molar refractivity (Wildman–Crippen MR) is 120 cm³/mol. The van der Waals surface area contributed by atoms with Crippen molar-refractivity contribution in [1.29, 1.82) is 0 Å². The minimum atomic E-state index is -0.696. The molecular weight excluding hydrogens is 390 g/mol. The number of nitrogens with zero attached hydrogens (tertiary/aromatic N) is 4. The maximum Gasteiger partial charge on any atom is 0.278 e. The molecule has 4 aromatic rings. The third-order valence-electron chi connectivity index (χ3n) is 5.43. The molecular formula is C24H25N5O2. The first kappa shape index (κ1) is 20.5. The summed E-state index contributed by atoms with van der Waals surface area (Å²) >= 11 is 0. The van der Waals surface area contributed by atoms with Gasteiger partial charge < -0.3 is 5.32 Å². The molecule has 7 heteroatoms. The van der Waals surface area contributed by atoms with Gasteiger partial charge >= 0.3 is 0 Å². The van der Waals surface area contributed by atoms with Crippen molar-refractivity contribution in [3.8, 4) is 5.69 Å². The van der Waals surface area contributed by atoms with Gasteiger partial charge in [0.25, 0.3) is 5.56 Å².